The Hall–Kier alpha value is -1.84. The van der Waals surface area contributed by atoms with Crippen molar-refractivity contribution in [3.05, 3.63) is 35.4 Å². The van der Waals surface area contributed by atoms with Gasteiger partial charge in [0.2, 0.25) is 5.91 Å². The van der Waals surface area contributed by atoms with Gasteiger partial charge in [-0.2, -0.15) is 0 Å². The molecule has 1 saturated carbocycles. The van der Waals surface area contributed by atoms with E-state index in [4.69, 9.17) is 5.11 Å². The van der Waals surface area contributed by atoms with E-state index in [2.05, 4.69) is 50.4 Å². The van der Waals surface area contributed by atoms with Gasteiger partial charge in [0.05, 0.1) is 5.41 Å². The van der Waals surface area contributed by atoms with E-state index in [1.54, 1.807) is 0 Å². The first kappa shape index (κ1) is 16.5. The Morgan fingerprint density at radius 3 is 2.23 bits per heavy atom. The molecule has 0 unspecified atom stereocenters. The number of benzene rings is 1. The lowest BCUT2D eigenvalue weighted by atomic mass is 9.86. The molecule has 2 rings (SSSR count). The van der Waals surface area contributed by atoms with E-state index in [1.807, 2.05) is 0 Å². The molecule has 4 nitrogen and oxygen atoms in total. The van der Waals surface area contributed by atoms with Crippen molar-refractivity contribution in [3.8, 4) is 0 Å². The lowest BCUT2D eigenvalue weighted by Gasteiger charge is -2.19. The van der Waals surface area contributed by atoms with Crippen LogP contribution in [0.25, 0.3) is 0 Å². The summed E-state index contributed by atoms with van der Waals surface area (Å²) in [6.45, 7) is 6.77. The molecule has 2 N–H and O–H groups in total. The first-order valence-corrected chi connectivity index (χ1v) is 7.82. The molecule has 0 spiro atoms. The number of rotatable bonds is 6. The predicted octanol–water partition coefficient (Wildman–Crippen LogP) is 2.90. The fraction of sp³-hybridized carbons (Fsp3) is 0.556. The van der Waals surface area contributed by atoms with Gasteiger partial charge < -0.3 is 10.4 Å². The molecule has 120 valence electrons. The average molecular weight is 303 g/mol. The van der Waals surface area contributed by atoms with E-state index in [-0.39, 0.29) is 17.9 Å². The molecule has 1 amide bonds. The van der Waals surface area contributed by atoms with Gasteiger partial charge in [0, 0.05) is 13.0 Å². The van der Waals surface area contributed by atoms with E-state index in [0.29, 0.717) is 25.7 Å². The van der Waals surface area contributed by atoms with Gasteiger partial charge in [-0.05, 0) is 35.8 Å². The predicted molar refractivity (Wildman–Crippen MR) is 85.8 cm³/mol. The third-order valence-electron chi connectivity index (χ3n) is 4.39. The van der Waals surface area contributed by atoms with E-state index < -0.39 is 11.4 Å². The van der Waals surface area contributed by atoms with Crippen LogP contribution in [0, 0.1) is 5.41 Å². The Bertz CT molecular complexity index is 551. The first-order valence-electron chi connectivity index (χ1n) is 7.82. The normalized spacial score (nSPS) is 16.1. The molecule has 1 aromatic rings. The maximum atomic E-state index is 11.8. The van der Waals surface area contributed by atoms with Crippen LogP contribution >= 0.6 is 0 Å². The van der Waals surface area contributed by atoms with Crippen molar-refractivity contribution < 1.29 is 14.7 Å². The van der Waals surface area contributed by atoms with Crippen molar-refractivity contribution in [1.29, 1.82) is 0 Å². The number of carboxylic acids is 1. The summed E-state index contributed by atoms with van der Waals surface area (Å²) < 4.78 is 0. The standard InChI is InChI=1S/C18H25NO3/c1-17(2,3)14-7-4-13(5-8-14)6-9-15(20)19-12-18(10-11-18)16(21)22/h4-5,7-8H,6,9-12H2,1-3H3,(H,19,20)(H,21,22). The zero-order valence-corrected chi connectivity index (χ0v) is 13.6. The van der Waals surface area contributed by atoms with Crippen molar-refractivity contribution in [2.45, 2.75) is 51.9 Å². The maximum absolute atomic E-state index is 11.8. The van der Waals surface area contributed by atoms with Crippen LogP contribution in [-0.2, 0) is 21.4 Å². The van der Waals surface area contributed by atoms with E-state index >= 15 is 0 Å². The molecule has 1 aliphatic rings. The van der Waals surface area contributed by atoms with Gasteiger partial charge >= 0.3 is 5.97 Å². The number of aryl methyl sites for hydroxylation is 1. The second-order valence-electron chi connectivity index (χ2n) is 7.31. The number of carboxylic acid groups (broad SMARTS) is 1. The Kier molecular flexibility index (Phi) is 4.59. The third-order valence-corrected chi connectivity index (χ3v) is 4.39. The fourth-order valence-electron chi connectivity index (χ4n) is 2.40. The molecular weight excluding hydrogens is 278 g/mol. The molecule has 1 aromatic carbocycles. The summed E-state index contributed by atoms with van der Waals surface area (Å²) in [6, 6.07) is 8.34. The minimum Gasteiger partial charge on any atom is -0.481 e. The summed E-state index contributed by atoms with van der Waals surface area (Å²) in [5.74, 6) is -0.877. The lowest BCUT2D eigenvalue weighted by Crippen LogP contribution is -2.34. The quantitative estimate of drug-likeness (QED) is 0.849. The third kappa shape index (κ3) is 4.09. The highest BCUT2D eigenvalue weighted by molar-refractivity contribution is 5.81. The fourth-order valence-corrected chi connectivity index (χ4v) is 2.40. The molecule has 22 heavy (non-hydrogen) atoms. The molecule has 0 atom stereocenters. The molecular formula is C18H25NO3. The Labute approximate surface area is 131 Å². The summed E-state index contributed by atoms with van der Waals surface area (Å²) in [7, 11) is 0. The highest BCUT2D eigenvalue weighted by atomic mass is 16.4. The summed E-state index contributed by atoms with van der Waals surface area (Å²) in [4.78, 5) is 22.9. The molecule has 0 heterocycles. The number of carbonyl (C=O) groups excluding carboxylic acids is 1. The summed E-state index contributed by atoms with van der Waals surface area (Å²) >= 11 is 0. The van der Waals surface area contributed by atoms with Gasteiger partial charge in [0.1, 0.15) is 0 Å². The molecule has 1 fully saturated rings. The van der Waals surface area contributed by atoms with Crippen LogP contribution in [0.1, 0.15) is 51.2 Å². The highest BCUT2D eigenvalue weighted by Gasteiger charge is 2.50. The van der Waals surface area contributed by atoms with Gasteiger partial charge in [-0.1, -0.05) is 45.0 Å². The molecule has 0 aliphatic heterocycles. The SMILES string of the molecule is CC(C)(C)c1ccc(CCC(=O)NCC2(C(=O)O)CC2)cc1. The minimum atomic E-state index is -0.800. The number of amides is 1. The number of aliphatic carboxylic acids is 1. The maximum Gasteiger partial charge on any atom is 0.311 e. The topological polar surface area (TPSA) is 66.4 Å². The average Bonchev–Trinajstić information content (AvgIpc) is 3.24. The number of hydrogen-bond donors (Lipinski definition) is 2. The summed E-state index contributed by atoms with van der Waals surface area (Å²) in [5, 5.41) is 11.8. The van der Waals surface area contributed by atoms with Gasteiger partial charge in [0.25, 0.3) is 0 Å². The van der Waals surface area contributed by atoms with E-state index in [1.165, 1.54) is 5.56 Å². The van der Waals surface area contributed by atoms with E-state index in [0.717, 1.165) is 5.56 Å². The molecule has 0 radical (unpaired) electrons. The molecule has 0 bridgehead atoms. The van der Waals surface area contributed by atoms with Gasteiger partial charge in [-0.15, -0.1) is 0 Å². The molecule has 1 aliphatic carbocycles. The Morgan fingerprint density at radius 2 is 1.77 bits per heavy atom. The van der Waals surface area contributed by atoms with Crippen LogP contribution in [0.15, 0.2) is 24.3 Å². The largest absolute Gasteiger partial charge is 0.481 e. The van der Waals surface area contributed by atoms with Crippen molar-refractivity contribution >= 4 is 11.9 Å². The van der Waals surface area contributed by atoms with Crippen LogP contribution in [0.2, 0.25) is 0 Å². The zero-order chi connectivity index (χ0) is 16.4. The monoisotopic (exact) mass is 303 g/mol. The van der Waals surface area contributed by atoms with Crippen LogP contribution in [0.3, 0.4) is 0 Å². The van der Waals surface area contributed by atoms with Crippen molar-refractivity contribution in [1.82, 2.24) is 5.32 Å². The number of nitrogens with one attached hydrogen (secondary N) is 1. The van der Waals surface area contributed by atoms with Crippen molar-refractivity contribution in [2.24, 2.45) is 5.41 Å². The highest BCUT2D eigenvalue weighted by Crippen LogP contribution is 2.45. The van der Waals surface area contributed by atoms with E-state index in [9.17, 15) is 9.59 Å². The van der Waals surface area contributed by atoms with Crippen LogP contribution < -0.4 is 5.32 Å². The Morgan fingerprint density at radius 1 is 1.18 bits per heavy atom. The molecule has 0 saturated heterocycles. The summed E-state index contributed by atoms with van der Waals surface area (Å²) in [6.07, 6.45) is 2.40. The minimum absolute atomic E-state index is 0.0765. The number of carbonyl (C=O) groups is 2. The van der Waals surface area contributed by atoms with Gasteiger partial charge in [0.15, 0.2) is 0 Å². The molecule has 4 heteroatoms. The molecule has 0 aromatic heterocycles. The summed E-state index contributed by atoms with van der Waals surface area (Å²) in [5.41, 5.74) is 1.84. The lowest BCUT2D eigenvalue weighted by molar-refractivity contribution is -0.143. The van der Waals surface area contributed by atoms with Crippen LogP contribution in [-0.4, -0.2) is 23.5 Å². The number of hydrogen-bond acceptors (Lipinski definition) is 2. The zero-order valence-electron chi connectivity index (χ0n) is 13.6. The van der Waals surface area contributed by atoms with Gasteiger partial charge in [-0.3, -0.25) is 9.59 Å². The first-order chi connectivity index (χ1) is 10.2. The second kappa shape index (κ2) is 6.11. The smallest absolute Gasteiger partial charge is 0.311 e. The van der Waals surface area contributed by atoms with Gasteiger partial charge in [-0.25, -0.2) is 0 Å². The van der Waals surface area contributed by atoms with Crippen molar-refractivity contribution in [2.75, 3.05) is 6.54 Å². The van der Waals surface area contributed by atoms with Crippen LogP contribution in [0.5, 0.6) is 0 Å². The second-order valence-corrected chi connectivity index (χ2v) is 7.31. The van der Waals surface area contributed by atoms with Crippen molar-refractivity contribution in [3.63, 3.8) is 0 Å². The Balaban J connectivity index is 1.78. The van der Waals surface area contributed by atoms with Crippen LogP contribution in [0.4, 0.5) is 0 Å².